The first kappa shape index (κ1) is 25.0. The van der Waals surface area contributed by atoms with Crippen LogP contribution in [0.15, 0.2) is 61.1 Å². The third-order valence-corrected chi connectivity index (χ3v) is 7.92. The molecule has 2 fully saturated rings. The molecule has 7 nitrogen and oxygen atoms in total. The van der Waals surface area contributed by atoms with Gasteiger partial charge in [-0.2, -0.15) is 5.26 Å². The zero-order valence-corrected chi connectivity index (χ0v) is 21.6. The summed E-state index contributed by atoms with van der Waals surface area (Å²) in [6, 6.07) is 17.9. The highest BCUT2D eigenvalue weighted by Gasteiger charge is 2.37. The van der Waals surface area contributed by atoms with Gasteiger partial charge in [-0.25, -0.2) is 4.98 Å². The van der Waals surface area contributed by atoms with Crippen LogP contribution >= 0.6 is 0 Å². The summed E-state index contributed by atoms with van der Waals surface area (Å²) in [5, 5.41) is 9.03. The molecule has 1 atom stereocenters. The summed E-state index contributed by atoms with van der Waals surface area (Å²) in [7, 11) is 1.69. The van der Waals surface area contributed by atoms with Gasteiger partial charge in [-0.05, 0) is 42.5 Å². The van der Waals surface area contributed by atoms with Gasteiger partial charge in [0, 0.05) is 51.0 Å². The number of methoxy groups -OCH3 is 1. The van der Waals surface area contributed by atoms with E-state index in [-0.39, 0.29) is 11.8 Å². The second-order valence-corrected chi connectivity index (χ2v) is 10.2. The Labute approximate surface area is 219 Å². The number of para-hydroxylation sites is 1. The van der Waals surface area contributed by atoms with Gasteiger partial charge < -0.3 is 14.2 Å². The minimum absolute atomic E-state index is 0.126. The Kier molecular flexibility index (Phi) is 7.86. The van der Waals surface area contributed by atoms with Gasteiger partial charge in [-0.1, -0.05) is 43.2 Å². The van der Waals surface area contributed by atoms with Crippen LogP contribution < -0.4 is 4.74 Å². The Morgan fingerprint density at radius 1 is 1.05 bits per heavy atom. The van der Waals surface area contributed by atoms with E-state index in [0.717, 1.165) is 74.7 Å². The van der Waals surface area contributed by atoms with Gasteiger partial charge in [0.15, 0.2) is 0 Å². The number of piperazine rings is 1. The molecule has 37 heavy (non-hydrogen) atoms. The maximum atomic E-state index is 13.9. The summed E-state index contributed by atoms with van der Waals surface area (Å²) >= 11 is 0. The van der Waals surface area contributed by atoms with Gasteiger partial charge in [-0.15, -0.1) is 0 Å². The minimum atomic E-state index is -0.126. The number of amides is 1. The van der Waals surface area contributed by atoms with Crippen molar-refractivity contribution in [3.63, 3.8) is 0 Å². The van der Waals surface area contributed by atoms with Gasteiger partial charge in [0.25, 0.3) is 0 Å². The summed E-state index contributed by atoms with van der Waals surface area (Å²) in [6.45, 7) is 4.69. The van der Waals surface area contributed by atoms with Crippen molar-refractivity contribution in [2.45, 2.75) is 44.7 Å². The molecular weight excluding hydrogens is 462 g/mol. The molecule has 2 aromatic carbocycles. The Bertz CT molecular complexity index is 1230. The van der Waals surface area contributed by atoms with Gasteiger partial charge in [-0.3, -0.25) is 9.69 Å². The first-order valence-electron chi connectivity index (χ1n) is 13.3. The molecule has 1 aromatic heterocycles. The molecule has 0 bridgehead atoms. The number of hydrogen-bond acceptors (Lipinski definition) is 5. The lowest BCUT2D eigenvalue weighted by Crippen LogP contribution is -2.50. The largest absolute Gasteiger partial charge is 0.496 e. The second kappa shape index (κ2) is 11.6. The van der Waals surface area contributed by atoms with Crippen LogP contribution in [-0.4, -0.2) is 58.5 Å². The number of carbonyl (C=O) groups excluding carboxylic acids is 1. The zero-order chi connectivity index (χ0) is 25.6. The van der Waals surface area contributed by atoms with Crippen molar-refractivity contribution in [3.05, 3.63) is 83.4 Å². The molecule has 192 valence electrons. The summed E-state index contributed by atoms with van der Waals surface area (Å²) in [5.74, 6) is 1.33. The van der Waals surface area contributed by atoms with Gasteiger partial charge >= 0.3 is 0 Å². The molecule has 1 aliphatic carbocycles. The fraction of sp³-hybridized carbons (Fsp3) is 0.433. The number of carbonyl (C=O) groups is 1. The van der Waals surface area contributed by atoms with Crippen molar-refractivity contribution < 1.29 is 9.53 Å². The summed E-state index contributed by atoms with van der Waals surface area (Å²) in [4.78, 5) is 22.8. The van der Waals surface area contributed by atoms with E-state index >= 15 is 0 Å². The molecule has 0 spiro atoms. The highest BCUT2D eigenvalue weighted by Crippen LogP contribution is 2.41. The van der Waals surface area contributed by atoms with E-state index in [4.69, 9.17) is 10.00 Å². The smallest absolute Gasteiger partial charge is 0.230 e. The molecule has 5 rings (SSSR count). The Hall–Kier alpha value is -3.63. The van der Waals surface area contributed by atoms with E-state index in [1.807, 2.05) is 55.0 Å². The van der Waals surface area contributed by atoms with Crippen molar-refractivity contribution >= 4 is 5.91 Å². The fourth-order valence-corrected chi connectivity index (χ4v) is 5.86. The van der Waals surface area contributed by atoms with Crippen LogP contribution in [0.3, 0.4) is 0 Å². The first-order valence-corrected chi connectivity index (χ1v) is 13.3. The zero-order valence-electron chi connectivity index (χ0n) is 21.6. The van der Waals surface area contributed by atoms with E-state index in [1.54, 1.807) is 7.11 Å². The Morgan fingerprint density at radius 3 is 2.49 bits per heavy atom. The minimum Gasteiger partial charge on any atom is -0.496 e. The van der Waals surface area contributed by atoms with Crippen LogP contribution in [0.1, 0.15) is 54.0 Å². The molecule has 1 amide bonds. The van der Waals surface area contributed by atoms with Gasteiger partial charge in [0.1, 0.15) is 5.75 Å². The molecular formula is C30H35N5O2. The van der Waals surface area contributed by atoms with E-state index in [1.165, 1.54) is 12.8 Å². The van der Waals surface area contributed by atoms with E-state index < -0.39 is 0 Å². The third kappa shape index (κ3) is 5.70. The number of nitrogens with zero attached hydrogens (tertiary/aromatic N) is 5. The van der Waals surface area contributed by atoms with Gasteiger partial charge in [0.05, 0.1) is 36.7 Å². The lowest BCUT2D eigenvalue weighted by Gasteiger charge is -2.38. The second-order valence-electron chi connectivity index (χ2n) is 10.2. The highest BCUT2D eigenvalue weighted by molar-refractivity contribution is 5.85. The van der Waals surface area contributed by atoms with Crippen molar-refractivity contribution in [3.8, 4) is 11.8 Å². The first-order chi connectivity index (χ1) is 18.2. The number of hydrogen-bond donors (Lipinski definition) is 0. The summed E-state index contributed by atoms with van der Waals surface area (Å²) in [5.41, 5.74) is 4.00. The highest BCUT2D eigenvalue weighted by atomic mass is 16.5. The van der Waals surface area contributed by atoms with Crippen LogP contribution in [-0.2, 0) is 17.9 Å². The average Bonchev–Trinajstić information content (AvgIpc) is 3.63. The standard InChI is InChI=1S/C30H35N5O2/c1-37-28-9-5-4-8-27(28)29(25-6-2-3-7-25)30(36)34-16-14-33(15-17-34)21-26-19-32-22-35(26)20-24-12-10-23(18-31)11-13-24/h4-5,8-13,19,22,25,29H,2-3,6-7,14-17,20-21H2,1H3. The number of benzene rings is 2. The lowest BCUT2D eigenvalue weighted by molar-refractivity contribution is -0.136. The molecule has 1 aliphatic heterocycles. The summed E-state index contributed by atoms with van der Waals surface area (Å²) < 4.78 is 7.83. The normalized spacial score (nSPS) is 17.5. The lowest BCUT2D eigenvalue weighted by atomic mass is 9.83. The number of nitriles is 1. The Balaban J connectivity index is 1.22. The predicted molar refractivity (Wildman–Crippen MR) is 142 cm³/mol. The molecule has 2 heterocycles. The van der Waals surface area contributed by atoms with Crippen LogP contribution in [0.2, 0.25) is 0 Å². The molecule has 0 radical (unpaired) electrons. The molecule has 2 aliphatic rings. The van der Waals surface area contributed by atoms with E-state index in [0.29, 0.717) is 11.5 Å². The summed E-state index contributed by atoms with van der Waals surface area (Å²) in [6.07, 6.45) is 8.42. The van der Waals surface area contributed by atoms with Crippen LogP contribution in [0.5, 0.6) is 5.75 Å². The quantitative estimate of drug-likeness (QED) is 0.460. The molecule has 3 aromatic rings. The predicted octanol–water partition coefficient (Wildman–Crippen LogP) is 4.43. The topological polar surface area (TPSA) is 74.4 Å². The third-order valence-electron chi connectivity index (χ3n) is 7.92. The van der Waals surface area contributed by atoms with Crippen LogP contribution in [0.25, 0.3) is 0 Å². The molecule has 1 saturated carbocycles. The van der Waals surface area contributed by atoms with Crippen molar-refractivity contribution in [2.24, 2.45) is 5.92 Å². The maximum absolute atomic E-state index is 13.9. The molecule has 1 saturated heterocycles. The fourth-order valence-electron chi connectivity index (χ4n) is 5.86. The maximum Gasteiger partial charge on any atom is 0.230 e. The van der Waals surface area contributed by atoms with E-state index in [9.17, 15) is 4.79 Å². The molecule has 1 unspecified atom stereocenters. The number of imidazole rings is 1. The van der Waals surface area contributed by atoms with Crippen LogP contribution in [0, 0.1) is 17.2 Å². The van der Waals surface area contributed by atoms with Crippen molar-refractivity contribution in [2.75, 3.05) is 33.3 Å². The average molecular weight is 498 g/mol. The number of aromatic nitrogens is 2. The SMILES string of the molecule is COc1ccccc1C(C(=O)N1CCN(Cc2cncn2Cc2ccc(C#N)cc2)CC1)C1CCCC1. The number of ether oxygens (including phenoxy) is 1. The molecule has 7 heteroatoms. The van der Waals surface area contributed by atoms with Gasteiger partial charge in [0.2, 0.25) is 5.91 Å². The molecule has 0 N–H and O–H groups in total. The van der Waals surface area contributed by atoms with Crippen molar-refractivity contribution in [1.82, 2.24) is 19.4 Å². The van der Waals surface area contributed by atoms with Crippen molar-refractivity contribution in [1.29, 1.82) is 5.26 Å². The number of rotatable bonds is 8. The monoisotopic (exact) mass is 497 g/mol. The Morgan fingerprint density at radius 2 is 1.78 bits per heavy atom. The van der Waals surface area contributed by atoms with E-state index in [2.05, 4.69) is 31.5 Å². The van der Waals surface area contributed by atoms with Crippen LogP contribution in [0.4, 0.5) is 0 Å².